The molecular weight excluding hydrogens is 442 g/mol. The van der Waals surface area contributed by atoms with Gasteiger partial charge in [-0.3, -0.25) is 4.79 Å². The fourth-order valence-electron chi connectivity index (χ4n) is 3.74. The van der Waals surface area contributed by atoms with Crippen LogP contribution in [0.15, 0.2) is 53.5 Å². The average Bonchev–Trinajstić information content (AvgIpc) is 3.36. The third-order valence-corrected chi connectivity index (χ3v) is 5.55. The van der Waals surface area contributed by atoms with E-state index in [1.165, 1.54) is 12.3 Å². The lowest BCUT2D eigenvalue weighted by atomic mass is 10.1. The minimum absolute atomic E-state index is 0.0881. The van der Waals surface area contributed by atoms with Crippen molar-refractivity contribution in [1.29, 1.82) is 0 Å². The number of carbonyl (C=O) groups is 1. The first-order chi connectivity index (χ1) is 15.4. The van der Waals surface area contributed by atoms with E-state index in [0.29, 0.717) is 25.3 Å². The van der Waals surface area contributed by atoms with E-state index >= 15 is 0 Å². The van der Waals surface area contributed by atoms with Crippen LogP contribution in [-0.4, -0.2) is 38.9 Å². The van der Waals surface area contributed by atoms with Crippen LogP contribution in [0, 0.1) is 11.6 Å². The van der Waals surface area contributed by atoms with Gasteiger partial charge < -0.3 is 14.6 Å². The van der Waals surface area contributed by atoms with Crippen molar-refractivity contribution in [3.05, 3.63) is 81.2 Å². The monoisotopic (exact) mass is 456 g/mol. The number of H-pyrrole nitrogens is 1. The van der Waals surface area contributed by atoms with Crippen LogP contribution < -0.4 is 5.56 Å². The Hall–Kier alpha value is -3.72. The molecule has 1 aliphatic rings. The topological polar surface area (TPSA) is 80.2 Å². The molecule has 0 atom stereocenters. The summed E-state index contributed by atoms with van der Waals surface area (Å²) >= 11 is 6.30. The molecule has 10 heteroatoms. The molecule has 0 bridgehead atoms. The van der Waals surface area contributed by atoms with Crippen molar-refractivity contribution in [3.63, 3.8) is 0 Å². The third kappa shape index (κ3) is 3.31. The highest BCUT2D eigenvalue weighted by atomic mass is 35.5. The molecule has 162 valence electrons. The number of benzene rings is 2. The number of pyridine rings is 1. The van der Waals surface area contributed by atoms with E-state index in [1.807, 2.05) is 0 Å². The Kier molecular flexibility index (Phi) is 4.90. The van der Waals surface area contributed by atoms with Crippen LogP contribution in [-0.2, 0) is 11.3 Å². The molecule has 0 saturated carbocycles. The van der Waals surface area contributed by atoms with Gasteiger partial charge in [-0.15, -0.1) is 0 Å². The van der Waals surface area contributed by atoms with E-state index in [-0.39, 0.29) is 27.7 Å². The van der Waals surface area contributed by atoms with Gasteiger partial charge in [0.2, 0.25) is 0 Å². The second kappa shape index (κ2) is 7.76. The number of carbonyl (C=O) groups excluding carboxylic acids is 1. The van der Waals surface area contributed by atoms with Crippen LogP contribution in [0.5, 0.6) is 0 Å². The largest absolute Gasteiger partial charge is 0.448 e. The molecular formula is C22H15ClF2N4O3. The van der Waals surface area contributed by atoms with Gasteiger partial charge in [0, 0.05) is 18.3 Å². The van der Waals surface area contributed by atoms with Crippen molar-refractivity contribution in [1.82, 2.24) is 19.7 Å². The number of nitrogens with zero attached hydrogens (tertiary/aromatic N) is 3. The number of aromatic nitrogens is 3. The minimum Gasteiger partial charge on any atom is -0.448 e. The molecule has 2 aromatic heterocycles. The Morgan fingerprint density at radius 3 is 2.47 bits per heavy atom. The summed E-state index contributed by atoms with van der Waals surface area (Å²) in [5.74, 6) is -1.68. The molecule has 7 nitrogen and oxygen atoms in total. The van der Waals surface area contributed by atoms with Gasteiger partial charge in [-0.2, -0.15) is 5.10 Å². The first kappa shape index (κ1) is 20.2. The highest BCUT2D eigenvalue weighted by Gasteiger charge is 2.24. The number of hydrogen-bond acceptors (Lipinski definition) is 4. The lowest BCUT2D eigenvalue weighted by Crippen LogP contribution is -2.23. The van der Waals surface area contributed by atoms with Crippen LogP contribution in [0.4, 0.5) is 13.6 Å². The summed E-state index contributed by atoms with van der Waals surface area (Å²) in [5.41, 5.74) is 0.790. The SMILES string of the molecule is O=C1OCCN1Cc1ccc(-c2nn(-c3c(F)cccc3F)c3c(Cl)c[nH]c(=O)c23)cc1. The van der Waals surface area contributed by atoms with E-state index in [1.54, 1.807) is 29.2 Å². The summed E-state index contributed by atoms with van der Waals surface area (Å²) < 4.78 is 35.0. The lowest BCUT2D eigenvalue weighted by Gasteiger charge is -2.12. The predicted molar refractivity (Wildman–Crippen MR) is 114 cm³/mol. The Morgan fingerprint density at radius 1 is 1.09 bits per heavy atom. The van der Waals surface area contributed by atoms with E-state index in [4.69, 9.17) is 16.3 Å². The summed E-state index contributed by atoms with van der Waals surface area (Å²) in [6.07, 6.45) is 0.887. The van der Waals surface area contributed by atoms with Crippen LogP contribution >= 0.6 is 11.6 Å². The van der Waals surface area contributed by atoms with Gasteiger partial charge in [-0.1, -0.05) is 41.9 Å². The van der Waals surface area contributed by atoms with Gasteiger partial charge in [0.05, 0.1) is 17.0 Å². The maximum absolute atomic E-state index is 14.5. The normalized spacial score (nSPS) is 13.7. The number of fused-ring (bicyclic) bond motifs is 1. The Labute approximate surface area is 184 Å². The molecule has 0 aliphatic carbocycles. The van der Waals surface area contributed by atoms with Crippen molar-refractivity contribution in [2.24, 2.45) is 0 Å². The average molecular weight is 457 g/mol. The van der Waals surface area contributed by atoms with E-state index in [0.717, 1.165) is 22.4 Å². The zero-order chi connectivity index (χ0) is 22.4. The van der Waals surface area contributed by atoms with Gasteiger partial charge in [0.25, 0.3) is 5.56 Å². The Balaban J connectivity index is 1.64. The standard InChI is InChI=1S/C22H15ClF2N4O3/c23-14-10-26-21(30)17-18(27-29(19(14)17)20-15(24)2-1-3-16(20)25)13-6-4-12(5-7-13)11-28-8-9-32-22(28)31/h1-7,10H,8-9,11H2,(H,26,30). The molecule has 0 unspecified atom stereocenters. The number of aromatic amines is 1. The number of ether oxygens (including phenoxy) is 1. The summed E-state index contributed by atoms with van der Waals surface area (Å²) in [7, 11) is 0. The van der Waals surface area contributed by atoms with E-state index in [2.05, 4.69) is 10.1 Å². The smallest absolute Gasteiger partial charge is 0.410 e. The molecule has 0 spiro atoms. The number of para-hydroxylation sites is 1. The first-order valence-electron chi connectivity index (χ1n) is 9.69. The van der Waals surface area contributed by atoms with Crippen LogP contribution in [0.2, 0.25) is 5.02 Å². The van der Waals surface area contributed by atoms with Crippen LogP contribution in [0.1, 0.15) is 5.56 Å². The zero-order valence-electron chi connectivity index (χ0n) is 16.4. The molecule has 5 rings (SSSR count). The van der Waals surface area contributed by atoms with Crippen LogP contribution in [0.3, 0.4) is 0 Å². The molecule has 3 heterocycles. The number of hydrogen-bond donors (Lipinski definition) is 1. The highest BCUT2D eigenvalue weighted by Crippen LogP contribution is 2.33. The molecule has 0 radical (unpaired) electrons. The summed E-state index contributed by atoms with van der Waals surface area (Å²) in [6.45, 7) is 1.25. The first-order valence-corrected chi connectivity index (χ1v) is 10.1. The van der Waals surface area contributed by atoms with Gasteiger partial charge in [-0.25, -0.2) is 18.3 Å². The maximum atomic E-state index is 14.5. The second-order valence-corrected chi connectivity index (χ2v) is 7.66. The number of rotatable bonds is 4. The zero-order valence-corrected chi connectivity index (χ0v) is 17.2. The van der Waals surface area contributed by atoms with Crippen molar-refractivity contribution in [3.8, 4) is 16.9 Å². The van der Waals surface area contributed by atoms with Crippen molar-refractivity contribution in [2.45, 2.75) is 6.54 Å². The van der Waals surface area contributed by atoms with Gasteiger partial charge in [-0.05, 0) is 17.7 Å². The molecule has 2 aromatic carbocycles. The van der Waals surface area contributed by atoms with Gasteiger partial charge >= 0.3 is 6.09 Å². The highest BCUT2D eigenvalue weighted by molar-refractivity contribution is 6.35. The quantitative estimate of drug-likeness (QED) is 0.497. The molecule has 32 heavy (non-hydrogen) atoms. The van der Waals surface area contributed by atoms with Crippen molar-refractivity contribution >= 4 is 28.6 Å². The number of amides is 1. The van der Waals surface area contributed by atoms with Crippen LogP contribution in [0.25, 0.3) is 27.8 Å². The molecule has 1 saturated heterocycles. The number of nitrogens with one attached hydrogen (secondary N) is 1. The van der Waals surface area contributed by atoms with Crippen molar-refractivity contribution in [2.75, 3.05) is 13.2 Å². The molecule has 1 aliphatic heterocycles. The molecule has 1 fully saturated rings. The number of halogens is 3. The number of cyclic esters (lactones) is 1. The predicted octanol–water partition coefficient (Wildman–Crippen LogP) is 4.26. The molecule has 4 aromatic rings. The van der Waals surface area contributed by atoms with E-state index in [9.17, 15) is 18.4 Å². The summed E-state index contributed by atoms with van der Waals surface area (Å²) in [4.78, 5) is 28.4. The lowest BCUT2D eigenvalue weighted by molar-refractivity contribution is 0.157. The second-order valence-electron chi connectivity index (χ2n) is 7.25. The fourth-order valence-corrected chi connectivity index (χ4v) is 3.97. The Bertz CT molecular complexity index is 1400. The van der Waals surface area contributed by atoms with E-state index < -0.39 is 22.9 Å². The summed E-state index contributed by atoms with van der Waals surface area (Å²) in [5, 5.41) is 4.56. The molecule has 1 N–H and O–H groups in total. The Morgan fingerprint density at radius 2 is 1.81 bits per heavy atom. The minimum atomic E-state index is -0.842. The summed E-state index contributed by atoms with van der Waals surface area (Å²) in [6, 6.07) is 10.5. The molecule has 1 amide bonds. The third-order valence-electron chi connectivity index (χ3n) is 5.26. The van der Waals surface area contributed by atoms with Gasteiger partial charge in [0.15, 0.2) is 11.6 Å². The van der Waals surface area contributed by atoms with Crippen molar-refractivity contribution < 1.29 is 18.3 Å². The fraction of sp³-hybridized carbons (Fsp3) is 0.136. The van der Waals surface area contributed by atoms with Gasteiger partial charge in [0.1, 0.15) is 23.5 Å². The maximum Gasteiger partial charge on any atom is 0.410 e.